The normalized spacial score (nSPS) is 13.5. The average Bonchev–Trinajstić information content (AvgIpc) is 2.62. The second-order valence-corrected chi connectivity index (χ2v) is 6.30. The minimum atomic E-state index is -1.36. The fraction of sp³-hybridized carbons (Fsp3) is 0.294. The SMILES string of the molecule is CO[C@H](c1ccc(-c2cccnc2)cc1F)[C@@H](CF)NC(=O)C(Cl)Cl. The Morgan fingerprint density at radius 3 is 2.60 bits per heavy atom. The Morgan fingerprint density at radius 2 is 2.08 bits per heavy atom. The molecule has 0 radical (unpaired) electrons. The van der Waals surface area contributed by atoms with Crippen molar-refractivity contribution in [3.63, 3.8) is 0 Å². The van der Waals surface area contributed by atoms with Gasteiger partial charge in [0.2, 0.25) is 0 Å². The smallest absolute Gasteiger partial charge is 0.253 e. The Hall–Kier alpha value is -1.76. The Bertz CT molecular complexity index is 717. The molecule has 0 spiro atoms. The van der Waals surface area contributed by atoms with Gasteiger partial charge in [0.05, 0.1) is 6.04 Å². The van der Waals surface area contributed by atoms with Gasteiger partial charge in [-0.05, 0) is 17.7 Å². The monoisotopic (exact) mass is 388 g/mol. The molecule has 1 heterocycles. The van der Waals surface area contributed by atoms with E-state index in [2.05, 4.69) is 10.3 Å². The second-order valence-electron chi connectivity index (χ2n) is 5.20. The molecule has 2 aromatic rings. The van der Waals surface area contributed by atoms with Gasteiger partial charge in [0.1, 0.15) is 18.6 Å². The van der Waals surface area contributed by atoms with Gasteiger partial charge in [0.15, 0.2) is 4.84 Å². The van der Waals surface area contributed by atoms with Crippen molar-refractivity contribution in [2.24, 2.45) is 0 Å². The molecule has 2 rings (SSSR count). The van der Waals surface area contributed by atoms with Crippen LogP contribution in [0.4, 0.5) is 8.78 Å². The highest BCUT2D eigenvalue weighted by molar-refractivity contribution is 6.53. The summed E-state index contributed by atoms with van der Waals surface area (Å²) in [6, 6.07) is 6.87. The van der Waals surface area contributed by atoms with E-state index < -0.39 is 35.4 Å². The van der Waals surface area contributed by atoms with Crippen molar-refractivity contribution in [2.75, 3.05) is 13.8 Å². The van der Waals surface area contributed by atoms with Gasteiger partial charge in [-0.1, -0.05) is 41.4 Å². The van der Waals surface area contributed by atoms with E-state index >= 15 is 0 Å². The van der Waals surface area contributed by atoms with E-state index in [0.29, 0.717) is 5.56 Å². The van der Waals surface area contributed by atoms with E-state index in [1.54, 1.807) is 30.6 Å². The number of carbonyl (C=O) groups is 1. The number of hydrogen-bond acceptors (Lipinski definition) is 3. The molecule has 0 aliphatic heterocycles. The molecule has 0 aliphatic rings. The molecule has 0 fully saturated rings. The Kier molecular flexibility index (Phi) is 7.11. The molecule has 1 aromatic carbocycles. The quantitative estimate of drug-likeness (QED) is 0.733. The number of carbonyl (C=O) groups excluding carboxylic acids is 1. The van der Waals surface area contributed by atoms with Crippen LogP contribution in [0.5, 0.6) is 0 Å². The van der Waals surface area contributed by atoms with Crippen LogP contribution >= 0.6 is 23.2 Å². The lowest BCUT2D eigenvalue weighted by molar-refractivity contribution is -0.121. The molecule has 2 atom stereocenters. The number of pyridine rings is 1. The third-order valence-electron chi connectivity index (χ3n) is 3.61. The molecule has 0 aliphatic carbocycles. The van der Waals surface area contributed by atoms with Gasteiger partial charge in [-0.3, -0.25) is 9.78 Å². The van der Waals surface area contributed by atoms with Crippen LogP contribution in [0.25, 0.3) is 11.1 Å². The minimum Gasteiger partial charge on any atom is -0.374 e. The number of ether oxygens (including phenoxy) is 1. The fourth-order valence-corrected chi connectivity index (χ4v) is 2.55. The Morgan fingerprint density at radius 1 is 1.32 bits per heavy atom. The molecule has 1 aromatic heterocycles. The van der Waals surface area contributed by atoms with Crippen LogP contribution in [0.1, 0.15) is 11.7 Å². The highest BCUT2D eigenvalue weighted by Gasteiger charge is 2.29. The van der Waals surface area contributed by atoms with E-state index in [1.165, 1.54) is 19.2 Å². The molecule has 25 heavy (non-hydrogen) atoms. The minimum absolute atomic E-state index is 0.110. The summed E-state index contributed by atoms with van der Waals surface area (Å²) in [4.78, 5) is 14.2. The summed E-state index contributed by atoms with van der Waals surface area (Å²) in [5.41, 5.74) is 1.47. The molecule has 0 saturated heterocycles. The van der Waals surface area contributed by atoms with E-state index in [-0.39, 0.29) is 5.56 Å². The van der Waals surface area contributed by atoms with E-state index in [1.807, 2.05) is 0 Å². The van der Waals surface area contributed by atoms with Gasteiger partial charge in [-0.25, -0.2) is 8.78 Å². The van der Waals surface area contributed by atoms with E-state index in [9.17, 15) is 13.6 Å². The number of nitrogens with one attached hydrogen (secondary N) is 1. The predicted molar refractivity (Wildman–Crippen MR) is 92.8 cm³/mol. The van der Waals surface area contributed by atoms with Gasteiger partial charge in [-0.15, -0.1) is 0 Å². The number of aromatic nitrogens is 1. The van der Waals surface area contributed by atoms with Crippen molar-refractivity contribution in [3.8, 4) is 11.1 Å². The van der Waals surface area contributed by atoms with Crippen molar-refractivity contribution in [1.82, 2.24) is 10.3 Å². The number of amides is 1. The Balaban J connectivity index is 2.29. The van der Waals surface area contributed by atoms with Gasteiger partial charge < -0.3 is 10.1 Å². The number of alkyl halides is 3. The molecular formula is C17H16Cl2F2N2O2. The number of nitrogens with zero attached hydrogens (tertiary/aromatic N) is 1. The van der Waals surface area contributed by atoms with Crippen LogP contribution in [0.3, 0.4) is 0 Å². The molecule has 4 nitrogen and oxygen atoms in total. The van der Waals surface area contributed by atoms with Crippen LogP contribution in [0.15, 0.2) is 42.7 Å². The Labute approximate surface area is 154 Å². The van der Waals surface area contributed by atoms with Crippen molar-refractivity contribution < 1.29 is 18.3 Å². The first-order chi connectivity index (χ1) is 12.0. The molecule has 8 heteroatoms. The van der Waals surface area contributed by atoms with Crippen molar-refractivity contribution >= 4 is 29.1 Å². The second kappa shape index (κ2) is 9.08. The number of hydrogen-bond donors (Lipinski definition) is 1. The molecule has 134 valence electrons. The molecule has 0 saturated carbocycles. The molecule has 1 amide bonds. The topological polar surface area (TPSA) is 51.2 Å². The molecule has 1 N–H and O–H groups in total. The zero-order valence-electron chi connectivity index (χ0n) is 13.3. The summed E-state index contributed by atoms with van der Waals surface area (Å²) in [7, 11) is 1.30. The molecule has 0 bridgehead atoms. The van der Waals surface area contributed by atoms with Gasteiger partial charge in [0.25, 0.3) is 5.91 Å². The van der Waals surface area contributed by atoms with Gasteiger partial charge in [-0.2, -0.15) is 0 Å². The summed E-state index contributed by atoms with van der Waals surface area (Å²) in [6.07, 6.45) is 2.18. The maximum Gasteiger partial charge on any atom is 0.253 e. The van der Waals surface area contributed by atoms with Crippen molar-refractivity contribution in [2.45, 2.75) is 17.0 Å². The van der Waals surface area contributed by atoms with E-state index in [4.69, 9.17) is 27.9 Å². The first-order valence-corrected chi connectivity index (χ1v) is 8.22. The number of benzene rings is 1. The summed E-state index contributed by atoms with van der Waals surface area (Å²) < 4.78 is 33.1. The summed E-state index contributed by atoms with van der Waals surface area (Å²) in [5.74, 6) is -1.37. The number of methoxy groups -OCH3 is 1. The average molecular weight is 389 g/mol. The summed E-state index contributed by atoms with van der Waals surface area (Å²) in [6.45, 7) is -0.978. The lowest BCUT2D eigenvalue weighted by Gasteiger charge is -2.26. The van der Waals surface area contributed by atoms with Gasteiger partial charge >= 0.3 is 0 Å². The van der Waals surface area contributed by atoms with Crippen LogP contribution in [0.2, 0.25) is 0 Å². The highest BCUT2D eigenvalue weighted by atomic mass is 35.5. The zero-order valence-corrected chi connectivity index (χ0v) is 14.8. The van der Waals surface area contributed by atoms with Crippen LogP contribution in [-0.4, -0.2) is 35.6 Å². The number of rotatable bonds is 7. The molecule has 0 unspecified atom stereocenters. The highest BCUT2D eigenvalue weighted by Crippen LogP contribution is 2.28. The first-order valence-electron chi connectivity index (χ1n) is 7.35. The molecular weight excluding hydrogens is 373 g/mol. The third kappa shape index (κ3) is 4.87. The number of halogens is 4. The fourth-order valence-electron chi connectivity index (χ4n) is 2.42. The van der Waals surface area contributed by atoms with Crippen LogP contribution < -0.4 is 5.32 Å². The lowest BCUT2D eigenvalue weighted by Crippen LogP contribution is -2.44. The van der Waals surface area contributed by atoms with Crippen molar-refractivity contribution in [1.29, 1.82) is 0 Å². The van der Waals surface area contributed by atoms with Gasteiger partial charge in [0, 0.05) is 30.6 Å². The zero-order chi connectivity index (χ0) is 18.4. The summed E-state index contributed by atoms with van der Waals surface area (Å²) >= 11 is 10.9. The van der Waals surface area contributed by atoms with Crippen molar-refractivity contribution in [3.05, 3.63) is 54.1 Å². The lowest BCUT2D eigenvalue weighted by atomic mass is 9.98. The maximum atomic E-state index is 14.6. The van der Waals surface area contributed by atoms with Crippen LogP contribution in [-0.2, 0) is 9.53 Å². The standard InChI is InChI=1S/C17H16Cl2F2N2O2/c1-25-15(14(8-20)23-17(24)16(18)19)12-5-4-10(7-13(12)21)11-3-2-6-22-9-11/h2-7,9,14-16H,8H2,1H3,(H,23,24)/t14-,15-/m1/s1. The third-order valence-corrected chi connectivity index (χ3v) is 4.01. The largest absolute Gasteiger partial charge is 0.374 e. The van der Waals surface area contributed by atoms with E-state index in [0.717, 1.165) is 5.56 Å². The first kappa shape index (κ1) is 19.6. The maximum absolute atomic E-state index is 14.6. The summed E-state index contributed by atoms with van der Waals surface area (Å²) in [5, 5.41) is 2.31. The predicted octanol–water partition coefficient (Wildman–Crippen LogP) is 3.83. The van der Waals surface area contributed by atoms with Crippen LogP contribution in [0, 0.1) is 5.82 Å².